The molecule has 2 nitrogen and oxygen atoms in total. The van der Waals surface area contributed by atoms with Gasteiger partial charge in [-0.25, -0.2) is 0 Å². The zero-order chi connectivity index (χ0) is 11.9. The normalized spacial score (nSPS) is 19.5. The van der Waals surface area contributed by atoms with Crippen LogP contribution in [0.25, 0.3) is 0 Å². The molecule has 1 unspecified atom stereocenters. The molecule has 1 heterocycles. The zero-order valence-corrected chi connectivity index (χ0v) is 11.4. The van der Waals surface area contributed by atoms with E-state index < -0.39 is 0 Å². The Hall–Kier alpha value is -0.380. The van der Waals surface area contributed by atoms with Crippen LogP contribution in [0.4, 0.5) is 5.69 Å². The van der Waals surface area contributed by atoms with Crippen LogP contribution in [0.3, 0.4) is 0 Å². The first kappa shape index (κ1) is 13.1. The Labute approximate surface area is 112 Å². The van der Waals surface area contributed by atoms with Crippen LogP contribution in [0.1, 0.15) is 12.8 Å². The van der Waals surface area contributed by atoms with Gasteiger partial charge in [0.05, 0.1) is 6.10 Å². The number of rotatable bonds is 6. The fourth-order valence-electron chi connectivity index (χ4n) is 1.86. The molecule has 1 fully saturated rings. The van der Waals surface area contributed by atoms with Crippen molar-refractivity contribution in [3.63, 3.8) is 0 Å². The summed E-state index contributed by atoms with van der Waals surface area (Å²) in [6.07, 6.45) is 2.95. The number of ether oxygens (including phenoxy) is 1. The van der Waals surface area contributed by atoms with Gasteiger partial charge in [-0.15, -0.1) is 0 Å². The molecule has 1 atom stereocenters. The molecule has 1 aromatic rings. The smallest absolute Gasteiger partial charge is 0.0666 e. The van der Waals surface area contributed by atoms with E-state index >= 15 is 0 Å². The van der Waals surface area contributed by atoms with Crippen LogP contribution in [-0.2, 0) is 4.74 Å². The number of hydrogen-bond donors (Lipinski definition) is 1. The lowest BCUT2D eigenvalue weighted by Gasteiger charge is -2.09. The minimum Gasteiger partial charge on any atom is -0.384 e. The first-order chi connectivity index (χ1) is 8.34. The minimum absolute atomic E-state index is 0.492. The third-order valence-electron chi connectivity index (χ3n) is 2.73. The van der Waals surface area contributed by atoms with Gasteiger partial charge >= 0.3 is 0 Å². The Balaban J connectivity index is 1.56. The molecule has 0 amide bonds. The SMILES string of the molecule is Clc1cccc(NCCSCC2CCCO2)c1. The van der Waals surface area contributed by atoms with Crippen LogP contribution in [-0.4, -0.2) is 30.8 Å². The van der Waals surface area contributed by atoms with Gasteiger partial charge in [0, 0.05) is 35.4 Å². The maximum Gasteiger partial charge on any atom is 0.0666 e. The van der Waals surface area contributed by atoms with E-state index in [1.165, 1.54) is 12.8 Å². The van der Waals surface area contributed by atoms with Gasteiger partial charge in [0.25, 0.3) is 0 Å². The molecule has 1 aliphatic rings. The number of nitrogens with one attached hydrogen (secondary N) is 1. The quantitative estimate of drug-likeness (QED) is 0.798. The van der Waals surface area contributed by atoms with Gasteiger partial charge < -0.3 is 10.1 Å². The van der Waals surface area contributed by atoms with E-state index in [4.69, 9.17) is 16.3 Å². The summed E-state index contributed by atoms with van der Waals surface area (Å²) in [5.41, 5.74) is 1.09. The van der Waals surface area contributed by atoms with Gasteiger partial charge in [-0.2, -0.15) is 11.8 Å². The lowest BCUT2D eigenvalue weighted by molar-refractivity contribution is 0.129. The third-order valence-corrected chi connectivity index (χ3v) is 4.06. The van der Waals surface area contributed by atoms with Crippen molar-refractivity contribution in [1.82, 2.24) is 0 Å². The highest BCUT2D eigenvalue weighted by molar-refractivity contribution is 7.99. The fraction of sp³-hybridized carbons (Fsp3) is 0.538. The molecule has 1 aliphatic heterocycles. The van der Waals surface area contributed by atoms with Crippen molar-refractivity contribution in [3.8, 4) is 0 Å². The second-order valence-electron chi connectivity index (χ2n) is 4.15. The fourth-order valence-corrected chi connectivity index (χ4v) is 2.99. The van der Waals surface area contributed by atoms with Crippen LogP contribution in [0.5, 0.6) is 0 Å². The van der Waals surface area contributed by atoms with E-state index in [9.17, 15) is 0 Å². The van der Waals surface area contributed by atoms with Gasteiger partial charge in [0.2, 0.25) is 0 Å². The van der Waals surface area contributed by atoms with Crippen molar-refractivity contribution in [2.24, 2.45) is 0 Å². The monoisotopic (exact) mass is 271 g/mol. The summed E-state index contributed by atoms with van der Waals surface area (Å²) in [6, 6.07) is 7.84. The molecule has 17 heavy (non-hydrogen) atoms. The molecule has 2 rings (SSSR count). The van der Waals surface area contributed by atoms with Crippen molar-refractivity contribution < 1.29 is 4.74 Å². The van der Waals surface area contributed by atoms with Gasteiger partial charge in [-0.1, -0.05) is 17.7 Å². The number of thioether (sulfide) groups is 1. The highest BCUT2D eigenvalue weighted by atomic mass is 35.5. The summed E-state index contributed by atoms with van der Waals surface area (Å²) >= 11 is 7.86. The topological polar surface area (TPSA) is 21.3 Å². The summed E-state index contributed by atoms with van der Waals surface area (Å²) in [5, 5.41) is 4.14. The number of halogens is 1. The molecule has 0 spiro atoms. The lowest BCUT2D eigenvalue weighted by Crippen LogP contribution is -2.11. The number of anilines is 1. The summed E-state index contributed by atoms with van der Waals surface area (Å²) in [7, 11) is 0. The summed E-state index contributed by atoms with van der Waals surface area (Å²) < 4.78 is 5.57. The predicted molar refractivity (Wildman–Crippen MR) is 76.2 cm³/mol. The minimum atomic E-state index is 0.492. The second-order valence-corrected chi connectivity index (χ2v) is 5.73. The third kappa shape index (κ3) is 4.78. The molecule has 4 heteroatoms. The van der Waals surface area contributed by atoms with Gasteiger partial charge in [-0.3, -0.25) is 0 Å². The van der Waals surface area contributed by atoms with Gasteiger partial charge in [0.15, 0.2) is 0 Å². The van der Waals surface area contributed by atoms with E-state index in [2.05, 4.69) is 5.32 Å². The van der Waals surface area contributed by atoms with Crippen molar-refractivity contribution in [1.29, 1.82) is 0 Å². The highest BCUT2D eigenvalue weighted by Gasteiger charge is 2.14. The summed E-state index contributed by atoms with van der Waals surface area (Å²) in [6.45, 7) is 1.92. The Morgan fingerprint density at radius 1 is 1.47 bits per heavy atom. The lowest BCUT2D eigenvalue weighted by atomic mass is 10.3. The van der Waals surface area contributed by atoms with Crippen molar-refractivity contribution >= 4 is 29.1 Å². The predicted octanol–water partition coefficient (Wildman–Crippen LogP) is 3.66. The van der Waals surface area contributed by atoms with Gasteiger partial charge in [-0.05, 0) is 31.0 Å². The summed E-state index contributed by atoms with van der Waals surface area (Å²) in [5.74, 6) is 2.23. The Bertz CT molecular complexity index is 342. The average molecular weight is 272 g/mol. The van der Waals surface area contributed by atoms with Crippen LogP contribution in [0.2, 0.25) is 5.02 Å². The van der Waals surface area contributed by atoms with E-state index in [1.807, 2.05) is 36.0 Å². The molecule has 0 saturated carbocycles. The molecular formula is C13H18ClNOS. The second kappa shape index (κ2) is 7.14. The Kier molecular flexibility index (Phi) is 5.49. The number of hydrogen-bond acceptors (Lipinski definition) is 3. The molecule has 0 bridgehead atoms. The van der Waals surface area contributed by atoms with Gasteiger partial charge in [0.1, 0.15) is 0 Å². The standard InChI is InChI=1S/C13H18ClNOS/c14-11-3-1-4-12(9-11)15-6-8-17-10-13-5-2-7-16-13/h1,3-4,9,13,15H,2,5-8,10H2. The Morgan fingerprint density at radius 2 is 2.41 bits per heavy atom. The molecule has 0 aromatic heterocycles. The van der Waals surface area contributed by atoms with Crippen molar-refractivity contribution in [2.45, 2.75) is 18.9 Å². The van der Waals surface area contributed by atoms with Crippen LogP contribution >= 0.6 is 23.4 Å². The van der Waals surface area contributed by atoms with Crippen LogP contribution < -0.4 is 5.32 Å². The van der Waals surface area contributed by atoms with Crippen molar-refractivity contribution in [3.05, 3.63) is 29.3 Å². The number of benzene rings is 1. The average Bonchev–Trinajstić information content (AvgIpc) is 2.82. The molecule has 1 saturated heterocycles. The first-order valence-electron chi connectivity index (χ1n) is 6.03. The van der Waals surface area contributed by atoms with Crippen molar-refractivity contribution in [2.75, 3.05) is 30.0 Å². The van der Waals surface area contributed by atoms with Crippen LogP contribution in [0.15, 0.2) is 24.3 Å². The Morgan fingerprint density at radius 3 is 3.18 bits per heavy atom. The first-order valence-corrected chi connectivity index (χ1v) is 7.56. The van der Waals surface area contributed by atoms with E-state index in [1.54, 1.807) is 0 Å². The largest absolute Gasteiger partial charge is 0.384 e. The van der Waals surface area contributed by atoms with E-state index in [0.717, 1.165) is 35.4 Å². The maximum atomic E-state index is 5.91. The molecule has 1 N–H and O–H groups in total. The molecule has 1 aromatic carbocycles. The molecular weight excluding hydrogens is 254 g/mol. The van der Waals surface area contributed by atoms with E-state index in [-0.39, 0.29) is 0 Å². The molecule has 94 valence electrons. The molecule has 0 radical (unpaired) electrons. The molecule has 0 aliphatic carbocycles. The van der Waals surface area contributed by atoms with Crippen LogP contribution in [0, 0.1) is 0 Å². The zero-order valence-electron chi connectivity index (χ0n) is 9.82. The highest BCUT2D eigenvalue weighted by Crippen LogP contribution is 2.18. The summed E-state index contributed by atoms with van der Waals surface area (Å²) in [4.78, 5) is 0. The van der Waals surface area contributed by atoms with E-state index in [0.29, 0.717) is 6.10 Å². The maximum absolute atomic E-state index is 5.91.